The van der Waals surface area contributed by atoms with Gasteiger partial charge in [0, 0.05) is 41.7 Å². The molecule has 4 amide bonds. The number of hydrogen-bond donors (Lipinski definition) is 2. The number of phenols is 1. The Kier molecular flexibility index (Phi) is 9.59. The molecule has 56 heavy (non-hydrogen) atoms. The van der Waals surface area contributed by atoms with Gasteiger partial charge < -0.3 is 14.9 Å². The largest absolute Gasteiger partial charge is 0.504 e. The van der Waals surface area contributed by atoms with Crippen LogP contribution in [0.3, 0.4) is 0 Å². The third-order valence-corrected chi connectivity index (χ3v) is 14.0. The molecule has 14 heteroatoms. The number of hydrogen-bond acceptors (Lipinski definition) is 9. The summed E-state index contributed by atoms with van der Waals surface area (Å²) < 4.78 is 8.37. The molecule has 8 rings (SSSR count). The molecule has 0 unspecified atom stereocenters. The summed E-state index contributed by atoms with van der Waals surface area (Å²) in [5, 5.41) is 26.1. The van der Waals surface area contributed by atoms with E-state index in [1.54, 1.807) is 48.2 Å². The maximum Gasteiger partial charge on any atom is 0.303 e. The van der Waals surface area contributed by atoms with Crippen LogP contribution in [0.1, 0.15) is 69.4 Å². The molecule has 6 atom stereocenters. The molecule has 3 fully saturated rings. The number of carbonyl (C=O) groups excluding carboxylic acids is 4. The zero-order chi connectivity index (χ0) is 39.8. The molecule has 4 aromatic rings. The zero-order valence-electron chi connectivity index (χ0n) is 31.6. The van der Waals surface area contributed by atoms with E-state index in [-0.39, 0.29) is 42.7 Å². The Morgan fingerprint density at radius 3 is 2.57 bits per heavy atom. The van der Waals surface area contributed by atoms with Crippen LogP contribution in [0.15, 0.2) is 54.1 Å². The van der Waals surface area contributed by atoms with Crippen LogP contribution < -0.4 is 9.64 Å². The van der Waals surface area contributed by atoms with Crippen LogP contribution in [0.25, 0.3) is 20.7 Å². The van der Waals surface area contributed by atoms with E-state index in [1.165, 1.54) is 15.9 Å². The minimum atomic E-state index is -1.29. The van der Waals surface area contributed by atoms with E-state index in [1.807, 2.05) is 38.1 Å². The molecule has 0 spiro atoms. The van der Waals surface area contributed by atoms with E-state index in [0.29, 0.717) is 54.4 Å². The number of carboxylic acid groups (broad SMARTS) is 1. The predicted octanol–water partition coefficient (Wildman–Crippen LogP) is 7.24. The zero-order valence-corrected chi connectivity index (χ0v) is 33.2. The van der Waals surface area contributed by atoms with Crippen LogP contribution in [-0.4, -0.2) is 67.6 Å². The fraction of sp³-hybridized carbons (Fsp3) is 0.429. The summed E-state index contributed by atoms with van der Waals surface area (Å²) >= 11 is 7.87. The molecule has 2 aromatic heterocycles. The van der Waals surface area contributed by atoms with E-state index >= 15 is 4.79 Å². The molecule has 2 aliphatic heterocycles. The van der Waals surface area contributed by atoms with Gasteiger partial charge in [0.05, 0.1) is 34.7 Å². The lowest BCUT2D eigenvalue weighted by molar-refractivity contribution is -0.141. The van der Waals surface area contributed by atoms with Crippen molar-refractivity contribution >= 4 is 68.4 Å². The predicted molar refractivity (Wildman–Crippen MR) is 210 cm³/mol. The Hall–Kier alpha value is -5.01. The maximum atomic E-state index is 15.1. The normalized spacial score (nSPS) is 25.8. The summed E-state index contributed by atoms with van der Waals surface area (Å²) in [6, 6.07) is 12.5. The number of nitrogens with zero attached hydrogens (tertiary/aromatic N) is 4. The van der Waals surface area contributed by atoms with Crippen molar-refractivity contribution in [3.8, 4) is 22.1 Å². The molecule has 2 aliphatic carbocycles. The number of halogens is 1. The van der Waals surface area contributed by atoms with Crippen molar-refractivity contribution in [3.63, 3.8) is 0 Å². The highest BCUT2D eigenvalue weighted by molar-refractivity contribution is 7.22. The molecule has 1 saturated carbocycles. The van der Waals surface area contributed by atoms with Crippen LogP contribution in [0.5, 0.6) is 11.5 Å². The average molecular weight is 799 g/mol. The van der Waals surface area contributed by atoms with Crippen LogP contribution in [0, 0.1) is 36.0 Å². The van der Waals surface area contributed by atoms with Gasteiger partial charge in [-0.3, -0.25) is 33.6 Å². The van der Waals surface area contributed by atoms with Crippen molar-refractivity contribution in [2.75, 3.05) is 18.1 Å². The molecule has 0 bridgehead atoms. The van der Waals surface area contributed by atoms with Gasteiger partial charge in [-0.25, -0.2) is 4.90 Å². The Bertz CT molecular complexity index is 2370. The molecular weight excluding hydrogens is 756 g/mol. The number of aromatic hydroxyl groups is 1. The van der Waals surface area contributed by atoms with Crippen LogP contribution in [0.2, 0.25) is 5.02 Å². The standard InChI is InChI=1S/C42H43ClN4O8S/c1-5-55-31-17-22(10-14-30(31)48)36-24-12-13-25-35(40(53)46(38(25)51)16-8-6-7-9-34(49)50)27(24)19-28-39(52)47(41(54)42(28,36)3)33-20-29(44-45(33)4)37-21(2)26-18-23(43)11-15-32(26)56-37/h10-12,14-15,17-18,20,25,27-28,35-36,48H,5-9,13,16,19H2,1-4H3,(H,49,50)/t25-,27+,28-,35-,36-,42+/m0/s1. The smallest absolute Gasteiger partial charge is 0.303 e. The van der Waals surface area contributed by atoms with Crippen molar-refractivity contribution in [2.45, 2.75) is 65.2 Å². The Morgan fingerprint density at radius 1 is 1.04 bits per heavy atom. The number of aryl methyl sites for hydroxylation is 2. The van der Waals surface area contributed by atoms with Crippen molar-refractivity contribution in [1.29, 1.82) is 0 Å². The van der Waals surface area contributed by atoms with E-state index in [0.717, 1.165) is 26.1 Å². The van der Waals surface area contributed by atoms with E-state index < -0.39 is 52.8 Å². The Morgan fingerprint density at radius 2 is 1.82 bits per heavy atom. The number of likely N-dealkylation sites (tertiary alicyclic amines) is 1. The van der Waals surface area contributed by atoms with Gasteiger partial charge in [-0.1, -0.05) is 35.7 Å². The number of allylic oxidation sites excluding steroid dienone is 2. The second kappa shape index (κ2) is 14.2. The van der Waals surface area contributed by atoms with E-state index in [4.69, 9.17) is 26.5 Å². The summed E-state index contributed by atoms with van der Waals surface area (Å²) in [6.45, 7) is 6.12. The number of unbranched alkanes of at least 4 members (excludes halogenated alkanes) is 2. The second-order valence-electron chi connectivity index (χ2n) is 15.6. The number of anilines is 1. The summed E-state index contributed by atoms with van der Waals surface area (Å²) in [6.07, 6.45) is 4.03. The molecule has 2 aromatic carbocycles. The number of thiophene rings is 1. The average Bonchev–Trinajstić information content (AvgIpc) is 3.83. The number of imide groups is 2. The van der Waals surface area contributed by atoms with Crippen molar-refractivity contribution in [3.05, 3.63) is 70.3 Å². The Labute approximate surface area is 332 Å². The lowest BCUT2D eigenvalue weighted by Crippen LogP contribution is -2.49. The molecule has 2 saturated heterocycles. The number of carboxylic acids is 1. The first kappa shape index (κ1) is 37.9. The number of amides is 4. The molecular formula is C42H43ClN4O8S. The second-order valence-corrected chi connectivity index (χ2v) is 17.1. The number of benzene rings is 2. The molecule has 4 heterocycles. The highest BCUT2D eigenvalue weighted by atomic mass is 35.5. The SMILES string of the molecule is CCOc1cc([C@H]2C3=CC[C@@H]4C(=O)N(CCCCCC(=O)O)C(=O)[C@@H]4[C@@H]3C[C@H]3C(=O)N(c4cc(-c5sc6ccc(Cl)cc6c5C)nn4C)C(=O)[C@@]23C)ccc1O. The summed E-state index contributed by atoms with van der Waals surface area (Å²) in [4.78, 5) is 72.5. The van der Waals surface area contributed by atoms with E-state index in [9.17, 15) is 24.3 Å². The monoisotopic (exact) mass is 798 g/mol. The van der Waals surface area contributed by atoms with Crippen molar-refractivity contribution < 1.29 is 38.9 Å². The topological polar surface area (TPSA) is 159 Å². The van der Waals surface area contributed by atoms with Crippen molar-refractivity contribution in [2.24, 2.45) is 36.1 Å². The van der Waals surface area contributed by atoms with Crippen LogP contribution in [0.4, 0.5) is 5.82 Å². The number of carbonyl (C=O) groups is 5. The lowest BCUT2D eigenvalue weighted by Gasteiger charge is -2.49. The number of fused-ring (bicyclic) bond motifs is 5. The first-order chi connectivity index (χ1) is 26.8. The van der Waals surface area contributed by atoms with E-state index in [2.05, 4.69) is 0 Å². The first-order valence-electron chi connectivity index (χ1n) is 19.1. The number of aliphatic carboxylic acids is 1. The van der Waals surface area contributed by atoms with Crippen LogP contribution >= 0.6 is 22.9 Å². The van der Waals surface area contributed by atoms with Crippen molar-refractivity contribution in [1.82, 2.24) is 14.7 Å². The highest BCUT2D eigenvalue weighted by Gasteiger charge is 2.68. The highest BCUT2D eigenvalue weighted by Crippen LogP contribution is 2.64. The third kappa shape index (κ3) is 5.84. The quantitative estimate of drug-likeness (QED) is 0.0906. The third-order valence-electron chi connectivity index (χ3n) is 12.5. The molecule has 12 nitrogen and oxygen atoms in total. The first-order valence-corrected chi connectivity index (χ1v) is 20.3. The van der Waals surface area contributed by atoms with Gasteiger partial charge in [0.2, 0.25) is 23.6 Å². The van der Waals surface area contributed by atoms with Crippen LogP contribution in [-0.2, 0) is 31.0 Å². The molecule has 4 aliphatic rings. The van der Waals surface area contributed by atoms with Gasteiger partial charge in [-0.15, -0.1) is 11.3 Å². The maximum absolute atomic E-state index is 15.1. The van der Waals surface area contributed by atoms with Gasteiger partial charge in [0.25, 0.3) is 0 Å². The van der Waals surface area contributed by atoms with Gasteiger partial charge in [0.15, 0.2) is 11.5 Å². The van der Waals surface area contributed by atoms with Gasteiger partial charge >= 0.3 is 5.97 Å². The summed E-state index contributed by atoms with van der Waals surface area (Å²) in [5.74, 6) is -5.02. The number of ether oxygens (including phenoxy) is 1. The van der Waals surface area contributed by atoms with Gasteiger partial charge in [-0.05, 0) is 99.2 Å². The number of rotatable bonds is 11. The fourth-order valence-electron chi connectivity index (χ4n) is 9.82. The minimum absolute atomic E-state index is 0.0241. The molecule has 2 N–H and O–H groups in total. The summed E-state index contributed by atoms with van der Waals surface area (Å²) in [5.41, 5.74) is 1.80. The molecule has 0 radical (unpaired) electrons. The number of aromatic nitrogens is 2. The van der Waals surface area contributed by atoms with Gasteiger partial charge in [0.1, 0.15) is 11.5 Å². The van der Waals surface area contributed by atoms with Gasteiger partial charge in [-0.2, -0.15) is 5.10 Å². The lowest BCUT2D eigenvalue weighted by atomic mass is 9.51. The fourth-order valence-corrected chi connectivity index (χ4v) is 11.1. The minimum Gasteiger partial charge on any atom is -0.504 e. The molecule has 292 valence electrons. The number of phenolic OH excluding ortho intramolecular Hbond substituents is 1. The Balaban J connectivity index is 1.19. The summed E-state index contributed by atoms with van der Waals surface area (Å²) in [7, 11) is 1.71.